The summed E-state index contributed by atoms with van der Waals surface area (Å²) in [7, 11) is 0. The lowest BCUT2D eigenvalue weighted by Crippen LogP contribution is -2.42. The summed E-state index contributed by atoms with van der Waals surface area (Å²) in [6, 6.07) is 15.2. The normalized spacial score (nSPS) is 16.2. The molecule has 1 fully saturated rings. The highest BCUT2D eigenvalue weighted by Crippen LogP contribution is 2.40. The van der Waals surface area contributed by atoms with Crippen LogP contribution >= 0.6 is 0 Å². The third kappa shape index (κ3) is 5.27. The van der Waals surface area contributed by atoms with E-state index >= 15 is 0 Å². The molecule has 2 aromatic carbocycles. The van der Waals surface area contributed by atoms with E-state index < -0.39 is 11.4 Å². The van der Waals surface area contributed by atoms with Crippen molar-refractivity contribution in [2.45, 2.75) is 70.8 Å². The van der Waals surface area contributed by atoms with Gasteiger partial charge in [-0.2, -0.15) is 0 Å². The lowest BCUT2D eigenvalue weighted by atomic mass is 9.68. The molecule has 3 rings (SSSR count). The molecule has 31 heavy (non-hydrogen) atoms. The molecule has 0 saturated heterocycles. The quantitative estimate of drug-likeness (QED) is 0.538. The number of rotatable bonds is 8. The van der Waals surface area contributed by atoms with Gasteiger partial charge in [0.2, 0.25) is 5.91 Å². The van der Waals surface area contributed by atoms with E-state index in [1.54, 1.807) is 25.1 Å². The van der Waals surface area contributed by atoms with Crippen LogP contribution in [0.2, 0.25) is 0 Å². The van der Waals surface area contributed by atoms with Gasteiger partial charge >= 0.3 is 5.97 Å². The molecule has 0 aromatic heterocycles. The van der Waals surface area contributed by atoms with E-state index in [1.165, 1.54) is 0 Å². The van der Waals surface area contributed by atoms with Crippen LogP contribution in [0.4, 0.5) is 5.69 Å². The number of nitrogens with one attached hydrogen (secondary N) is 1. The second-order valence-corrected chi connectivity index (χ2v) is 8.23. The molecule has 1 unspecified atom stereocenters. The second kappa shape index (κ2) is 10.5. The molecule has 1 saturated carbocycles. The minimum atomic E-state index is -0.546. The molecule has 0 bridgehead atoms. The van der Waals surface area contributed by atoms with Crippen LogP contribution in [0.3, 0.4) is 0 Å². The fourth-order valence-corrected chi connectivity index (χ4v) is 4.19. The Hall–Kier alpha value is -2.82. The first-order valence-electron chi connectivity index (χ1n) is 11.3. The topological polar surface area (TPSA) is 64.6 Å². The number of benzene rings is 2. The minimum Gasteiger partial charge on any atom is -0.490 e. The van der Waals surface area contributed by atoms with Crippen molar-refractivity contribution in [3.8, 4) is 5.75 Å². The molecule has 5 nitrogen and oxygen atoms in total. The Labute approximate surface area is 185 Å². The van der Waals surface area contributed by atoms with Gasteiger partial charge < -0.3 is 14.8 Å². The second-order valence-electron chi connectivity index (χ2n) is 8.23. The van der Waals surface area contributed by atoms with Crippen LogP contribution in [0.25, 0.3) is 0 Å². The maximum atomic E-state index is 13.5. The highest BCUT2D eigenvalue weighted by Gasteiger charge is 2.41. The summed E-state index contributed by atoms with van der Waals surface area (Å²) in [5, 5.41) is 3.08. The molecular formula is C26H33NO4. The third-order valence-electron chi connectivity index (χ3n) is 6.10. The molecule has 1 N–H and O–H groups in total. The zero-order valence-electron chi connectivity index (χ0n) is 18.8. The molecule has 0 aliphatic heterocycles. The molecule has 0 radical (unpaired) electrons. The monoisotopic (exact) mass is 423 g/mol. The predicted molar refractivity (Wildman–Crippen MR) is 123 cm³/mol. The van der Waals surface area contributed by atoms with Gasteiger partial charge in [0.05, 0.1) is 18.1 Å². The van der Waals surface area contributed by atoms with Crippen LogP contribution in [-0.2, 0) is 14.9 Å². The molecule has 1 amide bonds. The van der Waals surface area contributed by atoms with Crippen molar-refractivity contribution >= 4 is 17.6 Å². The van der Waals surface area contributed by atoms with Crippen molar-refractivity contribution in [3.05, 3.63) is 59.7 Å². The molecule has 0 heterocycles. The van der Waals surface area contributed by atoms with Gasteiger partial charge in [0, 0.05) is 5.69 Å². The largest absolute Gasteiger partial charge is 0.490 e. The fraction of sp³-hybridized carbons (Fsp3) is 0.462. The number of amides is 1. The van der Waals surface area contributed by atoms with Crippen molar-refractivity contribution in [2.75, 3.05) is 11.9 Å². The van der Waals surface area contributed by atoms with Gasteiger partial charge in [0.15, 0.2) is 0 Å². The van der Waals surface area contributed by atoms with Gasteiger partial charge in [-0.1, -0.05) is 56.5 Å². The van der Waals surface area contributed by atoms with E-state index in [9.17, 15) is 9.59 Å². The molecule has 1 atom stereocenters. The lowest BCUT2D eigenvalue weighted by molar-refractivity contribution is -0.122. The maximum Gasteiger partial charge on any atom is 0.341 e. The first-order chi connectivity index (χ1) is 15.0. The van der Waals surface area contributed by atoms with E-state index in [-0.39, 0.29) is 18.6 Å². The van der Waals surface area contributed by atoms with Crippen LogP contribution in [0.15, 0.2) is 48.5 Å². The van der Waals surface area contributed by atoms with Crippen LogP contribution < -0.4 is 10.1 Å². The smallest absolute Gasteiger partial charge is 0.341 e. The summed E-state index contributed by atoms with van der Waals surface area (Å²) in [6.07, 6.45) is 5.63. The molecule has 1 aliphatic rings. The van der Waals surface area contributed by atoms with Gasteiger partial charge in [-0.3, -0.25) is 4.79 Å². The Balaban J connectivity index is 1.90. The van der Waals surface area contributed by atoms with Gasteiger partial charge in [0.1, 0.15) is 11.3 Å². The molecule has 2 aromatic rings. The molecular weight excluding hydrogens is 390 g/mol. The highest BCUT2D eigenvalue weighted by atomic mass is 16.5. The van der Waals surface area contributed by atoms with Crippen molar-refractivity contribution in [2.24, 2.45) is 0 Å². The molecule has 1 aliphatic carbocycles. The van der Waals surface area contributed by atoms with E-state index in [0.717, 1.165) is 44.1 Å². The zero-order valence-corrected chi connectivity index (χ0v) is 18.8. The average Bonchev–Trinajstić information content (AvgIpc) is 2.81. The standard InChI is InChI=1S/C26H33NO4/c1-4-19(3)31-23-15-14-21(18-22(23)24(28)30-5-2)27-25(29)26(16-10-7-11-17-26)20-12-8-6-9-13-20/h6,8-9,12-15,18-19H,4-5,7,10-11,16-17H2,1-3H3,(H,27,29). The fourth-order valence-electron chi connectivity index (χ4n) is 4.19. The Morgan fingerprint density at radius 2 is 1.74 bits per heavy atom. The lowest BCUT2D eigenvalue weighted by Gasteiger charge is -2.36. The summed E-state index contributed by atoms with van der Waals surface area (Å²) in [6.45, 7) is 6.02. The number of carbonyl (C=O) groups excluding carboxylic acids is 2. The highest BCUT2D eigenvalue weighted by molar-refractivity contribution is 6.01. The summed E-state index contributed by atoms with van der Waals surface area (Å²) in [5.74, 6) is -0.00242. The van der Waals surface area contributed by atoms with E-state index in [1.807, 2.05) is 44.2 Å². The van der Waals surface area contributed by atoms with Crippen LogP contribution in [-0.4, -0.2) is 24.6 Å². The Bertz CT molecular complexity index is 888. The van der Waals surface area contributed by atoms with Crippen LogP contribution in [0.1, 0.15) is 75.2 Å². The molecule has 0 spiro atoms. The van der Waals surface area contributed by atoms with Gasteiger partial charge in [-0.05, 0) is 56.9 Å². The van der Waals surface area contributed by atoms with Crippen molar-refractivity contribution in [3.63, 3.8) is 0 Å². The number of hydrogen-bond acceptors (Lipinski definition) is 4. The number of anilines is 1. The number of hydrogen-bond donors (Lipinski definition) is 1. The van der Waals surface area contributed by atoms with E-state index in [2.05, 4.69) is 5.32 Å². The minimum absolute atomic E-state index is 0.0243. The van der Waals surface area contributed by atoms with Crippen molar-refractivity contribution in [1.29, 1.82) is 0 Å². The van der Waals surface area contributed by atoms with Crippen molar-refractivity contribution in [1.82, 2.24) is 0 Å². The Morgan fingerprint density at radius 3 is 2.39 bits per heavy atom. The Morgan fingerprint density at radius 1 is 1.03 bits per heavy atom. The van der Waals surface area contributed by atoms with Gasteiger partial charge in [-0.15, -0.1) is 0 Å². The van der Waals surface area contributed by atoms with Crippen LogP contribution in [0.5, 0.6) is 5.75 Å². The Kier molecular flexibility index (Phi) is 7.72. The summed E-state index contributed by atoms with van der Waals surface area (Å²) in [5.41, 5.74) is 1.41. The van der Waals surface area contributed by atoms with E-state index in [4.69, 9.17) is 9.47 Å². The molecule has 166 valence electrons. The number of esters is 1. The van der Waals surface area contributed by atoms with Crippen molar-refractivity contribution < 1.29 is 19.1 Å². The number of ether oxygens (including phenoxy) is 2. The maximum absolute atomic E-state index is 13.5. The van der Waals surface area contributed by atoms with Crippen LogP contribution in [0, 0.1) is 0 Å². The zero-order chi connectivity index (χ0) is 22.3. The first-order valence-corrected chi connectivity index (χ1v) is 11.3. The average molecular weight is 424 g/mol. The van der Waals surface area contributed by atoms with Gasteiger partial charge in [0.25, 0.3) is 0 Å². The SMILES string of the molecule is CCOC(=O)c1cc(NC(=O)C2(c3ccccc3)CCCCC2)ccc1OC(C)CC. The first kappa shape index (κ1) is 22.9. The van der Waals surface area contributed by atoms with Gasteiger partial charge in [-0.25, -0.2) is 4.79 Å². The molecule has 5 heteroatoms. The third-order valence-corrected chi connectivity index (χ3v) is 6.10. The predicted octanol–water partition coefficient (Wildman–Crippen LogP) is 5.88. The summed E-state index contributed by atoms with van der Waals surface area (Å²) < 4.78 is 11.1. The number of carbonyl (C=O) groups is 2. The summed E-state index contributed by atoms with van der Waals surface area (Å²) in [4.78, 5) is 26.1. The van der Waals surface area contributed by atoms with E-state index in [0.29, 0.717) is 17.0 Å². The summed E-state index contributed by atoms with van der Waals surface area (Å²) >= 11 is 0.